The molecule has 2 fully saturated rings. The summed E-state index contributed by atoms with van der Waals surface area (Å²) in [7, 11) is 0. The highest BCUT2D eigenvalue weighted by Gasteiger charge is 2.50. The summed E-state index contributed by atoms with van der Waals surface area (Å²) in [6, 6.07) is 0. The summed E-state index contributed by atoms with van der Waals surface area (Å²) in [5.41, 5.74) is 1.34. The van der Waals surface area contributed by atoms with Crippen LogP contribution in [0.15, 0.2) is 12.2 Å². The van der Waals surface area contributed by atoms with Gasteiger partial charge in [0.25, 0.3) is 0 Å². The predicted molar refractivity (Wildman–Crippen MR) is 54.4 cm³/mol. The Morgan fingerprint density at radius 3 is 2.38 bits per heavy atom. The van der Waals surface area contributed by atoms with Crippen LogP contribution in [0.2, 0.25) is 0 Å². The Morgan fingerprint density at radius 2 is 1.92 bits per heavy atom. The number of aliphatic hydroxyl groups is 1. The third-order valence-electron chi connectivity index (χ3n) is 4.01. The van der Waals surface area contributed by atoms with E-state index in [-0.39, 0.29) is 11.5 Å². The summed E-state index contributed by atoms with van der Waals surface area (Å²) < 4.78 is 0. The fourth-order valence-corrected chi connectivity index (χ4v) is 2.68. The third-order valence-corrected chi connectivity index (χ3v) is 4.01. The minimum absolute atomic E-state index is 0.0853. The molecule has 0 aromatic rings. The molecule has 0 heterocycles. The van der Waals surface area contributed by atoms with Crippen LogP contribution in [0.5, 0.6) is 0 Å². The summed E-state index contributed by atoms with van der Waals surface area (Å²) in [6.07, 6.45) is 7.37. The quantitative estimate of drug-likeness (QED) is 0.648. The Kier molecular flexibility index (Phi) is 2.23. The first-order valence-electron chi connectivity index (χ1n) is 5.51. The first-order valence-corrected chi connectivity index (χ1v) is 5.51. The van der Waals surface area contributed by atoms with Gasteiger partial charge in [-0.3, -0.25) is 0 Å². The molecular formula is C12H20O. The fraction of sp³-hybridized carbons (Fsp3) is 0.833. The maximum Gasteiger partial charge on any atom is 0.0661 e. The lowest BCUT2D eigenvalue weighted by Gasteiger charge is -2.30. The van der Waals surface area contributed by atoms with E-state index in [1.54, 1.807) is 0 Å². The predicted octanol–water partition coefficient (Wildman–Crippen LogP) is 2.89. The SMILES string of the molecule is C=C1CC1(C)C(O)C1CCCCC1. The van der Waals surface area contributed by atoms with Crippen LogP contribution in [0.1, 0.15) is 45.4 Å². The van der Waals surface area contributed by atoms with E-state index >= 15 is 0 Å². The smallest absolute Gasteiger partial charge is 0.0661 e. The van der Waals surface area contributed by atoms with Crippen LogP contribution < -0.4 is 0 Å². The van der Waals surface area contributed by atoms with Crippen molar-refractivity contribution in [2.75, 3.05) is 0 Å². The van der Waals surface area contributed by atoms with E-state index in [4.69, 9.17) is 0 Å². The number of hydrogen-bond donors (Lipinski definition) is 1. The van der Waals surface area contributed by atoms with Crippen molar-refractivity contribution in [1.29, 1.82) is 0 Å². The van der Waals surface area contributed by atoms with Crippen molar-refractivity contribution < 1.29 is 5.11 Å². The van der Waals surface area contributed by atoms with E-state index in [1.807, 2.05) is 0 Å². The van der Waals surface area contributed by atoms with Crippen molar-refractivity contribution in [2.45, 2.75) is 51.6 Å². The molecule has 0 aliphatic heterocycles. The van der Waals surface area contributed by atoms with Gasteiger partial charge in [-0.05, 0) is 25.2 Å². The average molecular weight is 180 g/mol. The van der Waals surface area contributed by atoms with Gasteiger partial charge in [0.05, 0.1) is 6.10 Å². The number of rotatable bonds is 2. The van der Waals surface area contributed by atoms with Crippen LogP contribution in [0.4, 0.5) is 0 Å². The molecule has 0 amide bonds. The zero-order valence-electron chi connectivity index (χ0n) is 8.55. The third kappa shape index (κ3) is 1.54. The summed E-state index contributed by atoms with van der Waals surface area (Å²) >= 11 is 0. The van der Waals surface area contributed by atoms with Gasteiger partial charge in [0.15, 0.2) is 0 Å². The molecule has 1 heteroatoms. The van der Waals surface area contributed by atoms with Gasteiger partial charge in [0.1, 0.15) is 0 Å². The van der Waals surface area contributed by atoms with Crippen LogP contribution >= 0.6 is 0 Å². The zero-order valence-corrected chi connectivity index (χ0v) is 8.55. The Bertz CT molecular complexity index is 215. The zero-order chi connectivity index (χ0) is 9.47. The molecule has 0 aromatic carbocycles. The second-order valence-electron chi connectivity index (χ2n) is 5.04. The second kappa shape index (κ2) is 3.13. The highest BCUT2D eigenvalue weighted by atomic mass is 16.3. The van der Waals surface area contributed by atoms with Crippen molar-refractivity contribution in [3.05, 3.63) is 12.2 Å². The normalized spacial score (nSPS) is 37.5. The van der Waals surface area contributed by atoms with E-state index in [0.29, 0.717) is 5.92 Å². The highest BCUT2D eigenvalue weighted by Crippen LogP contribution is 2.56. The largest absolute Gasteiger partial charge is 0.392 e. The van der Waals surface area contributed by atoms with Crippen molar-refractivity contribution >= 4 is 0 Å². The van der Waals surface area contributed by atoms with E-state index in [9.17, 15) is 5.11 Å². The van der Waals surface area contributed by atoms with Gasteiger partial charge in [-0.2, -0.15) is 0 Å². The summed E-state index contributed by atoms with van der Waals surface area (Å²) in [5.74, 6) is 0.554. The van der Waals surface area contributed by atoms with Crippen LogP contribution in [-0.2, 0) is 0 Å². The molecule has 2 unspecified atom stereocenters. The molecule has 0 saturated heterocycles. The van der Waals surface area contributed by atoms with E-state index in [2.05, 4.69) is 13.5 Å². The van der Waals surface area contributed by atoms with Gasteiger partial charge in [-0.15, -0.1) is 0 Å². The minimum Gasteiger partial charge on any atom is -0.392 e. The van der Waals surface area contributed by atoms with Gasteiger partial charge >= 0.3 is 0 Å². The topological polar surface area (TPSA) is 20.2 Å². The first kappa shape index (κ1) is 9.26. The van der Waals surface area contributed by atoms with Gasteiger partial charge in [0, 0.05) is 5.41 Å². The molecule has 2 aliphatic carbocycles. The molecule has 1 nitrogen and oxygen atoms in total. The number of hydrogen-bond acceptors (Lipinski definition) is 1. The average Bonchev–Trinajstić information content (AvgIpc) is 2.76. The molecule has 2 rings (SSSR count). The Labute approximate surface area is 80.8 Å². The lowest BCUT2D eigenvalue weighted by Crippen LogP contribution is -2.30. The van der Waals surface area contributed by atoms with Crippen molar-refractivity contribution in [3.8, 4) is 0 Å². The first-order chi connectivity index (χ1) is 6.14. The Hall–Kier alpha value is -0.300. The van der Waals surface area contributed by atoms with Crippen LogP contribution in [-0.4, -0.2) is 11.2 Å². The minimum atomic E-state index is -0.111. The molecule has 0 spiro atoms. The summed E-state index contributed by atoms with van der Waals surface area (Å²) in [5, 5.41) is 10.2. The van der Waals surface area contributed by atoms with Gasteiger partial charge in [-0.1, -0.05) is 38.3 Å². The molecule has 0 aromatic heterocycles. The standard InChI is InChI=1S/C12H20O/c1-9-8-12(9,2)11(13)10-6-4-3-5-7-10/h10-11,13H,1,3-8H2,2H3. The summed E-state index contributed by atoms with van der Waals surface area (Å²) in [4.78, 5) is 0. The highest BCUT2D eigenvalue weighted by molar-refractivity contribution is 5.30. The molecule has 0 radical (unpaired) electrons. The fourth-order valence-electron chi connectivity index (χ4n) is 2.68. The second-order valence-corrected chi connectivity index (χ2v) is 5.04. The maximum absolute atomic E-state index is 10.2. The van der Waals surface area contributed by atoms with Gasteiger partial charge in [0.2, 0.25) is 0 Å². The monoisotopic (exact) mass is 180 g/mol. The van der Waals surface area contributed by atoms with Crippen molar-refractivity contribution in [1.82, 2.24) is 0 Å². The lowest BCUT2D eigenvalue weighted by molar-refractivity contribution is 0.0341. The van der Waals surface area contributed by atoms with Crippen LogP contribution in [0.3, 0.4) is 0 Å². The van der Waals surface area contributed by atoms with Crippen LogP contribution in [0.25, 0.3) is 0 Å². The molecule has 0 bridgehead atoms. The van der Waals surface area contributed by atoms with Gasteiger partial charge < -0.3 is 5.11 Å². The summed E-state index contributed by atoms with van der Waals surface area (Å²) in [6.45, 7) is 6.14. The number of aliphatic hydroxyl groups excluding tert-OH is 1. The van der Waals surface area contributed by atoms with Crippen LogP contribution in [0, 0.1) is 11.3 Å². The molecule has 74 valence electrons. The Morgan fingerprint density at radius 1 is 1.38 bits per heavy atom. The molecule has 2 aliphatic rings. The van der Waals surface area contributed by atoms with Crippen molar-refractivity contribution in [2.24, 2.45) is 11.3 Å². The molecule has 2 saturated carbocycles. The Balaban J connectivity index is 1.96. The van der Waals surface area contributed by atoms with Gasteiger partial charge in [-0.25, -0.2) is 0 Å². The van der Waals surface area contributed by atoms with E-state index in [1.165, 1.54) is 37.7 Å². The van der Waals surface area contributed by atoms with Crippen molar-refractivity contribution in [3.63, 3.8) is 0 Å². The molecule has 1 N–H and O–H groups in total. The van der Waals surface area contributed by atoms with E-state index < -0.39 is 0 Å². The molecule has 13 heavy (non-hydrogen) atoms. The van der Waals surface area contributed by atoms with E-state index in [0.717, 1.165) is 6.42 Å². The molecule has 2 atom stereocenters. The lowest BCUT2D eigenvalue weighted by atomic mass is 9.79. The molecular weight excluding hydrogens is 160 g/mol. The maximum atomic E-state index is 10.2.